The van der Waals surface area contributed by atoms with E-state index in [2.05, 4.69) is 45.1 Å². The van der Waals surface area contributed by atoms with E-state index in [1.165, 1.54) is 11.1 Å². The number of morpholine rings is 1. The predicted molar refractivity (Wildman–Crippen MR) is 123 cm³/mol. The summed E-state index contributed by atoms with van der Waals surface area (Å²) in [6, 6.07) is 14.8. The lowest BCUT2D eigenvalue weighted by molar-refractivity contribution is -0.138. The van der Waals surface area contributed by atoms with Crippen LogP contribution in [0.5, 0.6) is 0 Å². The zero-order valence-electron chi connectivity index (χ0n) is 18.6. The fourth-order valence-electron chi connectivity index (χ4n) is 4.52. The smallest absolute Gasteiger partial charge is 0.305 e. The third kappa shape index (κ3) is 6.28. The van der Waals surface area contributed by atoms with Crippen LogP contribution in [-0.2, 0) is 27.2 Å². The number of anilines is 1. The van der Waals surface area contributed by atoms with Crippen LogP contribution in [0.25, 0.3) is 0 Å². The Kier molecular flexibility index (Phi) is 7.73. The van der Waals surface area contributed by atoms with Crippen LogP contribution >= 0.6 is 0 Å². The number of carbonyl (C=O) groups is 1. The molecule has 7 nitrogen and oxygen atoms in total. The summed E-state index contributed by atoms with van der Waals surface area (Å²) in [5.74, 6) is 0.226. The molecule has 0 saturated carbocycles. The molecular weight excluding hydrogens is 406 g/mol. The Morgan fingerprint density at radius 1 is 1.06 bits per heavy atom. The number of ether oxygens (including phenoxy) is 2. The summed E-state index contributed by atoms with van der Waals surface area (Å²) in [7, 11) is 0. The van der Waals surface area contributed by atoms with Crippen molar-refractivity contribution in [3.05, 3.63) is 59.8 Å². The largest absolute Gasteiger partial charge is 0.481 e. The van der Waals surface area contributed by atoms with E-state index in [0.29, 0.717) is 6.61 Å². The lowest BCUT2D eigenvalue weighted by atomic mass is 9.89. The molecule has 3 heterocycles. The monoisotopic (exact) mass is 439 g/mol. The molecule has 1 aromatic heterocycles. The fourth-order valence-corrected chi connectivity index (χ4v) is 4.52. The van der Waals surface area contributed by atoms with Gasteiger partial charge in [0.1, 0.15) is 5.82 Å². The number of benzene rings is 1. The van der Waals surface area contributed by atoms with Gasteiger partial charge in [0.15, 0.2) is 0 Å². The molecule has 0 amide bonds. The average molecular weight is 440 g/mol. The Labute approximate surface area is 190 Å². The highest BCUT2D eigenvalue weighted by molar-refractivity contribution is 5.66. The van der Waals surface area contributed by atoms with Gasteiger partial charge >= 0.3 is 5.97 Å². The Hall–Kier alpha value is -2.48. The second kappa shape index (κ2) is 10.9. The van der Waals surface area contributed by atoms with Gasteiger partial charge in [-0.05, 0) is 42.5 Å². The molecule has 7 heteroatoms. The molecule has 2 aromatic rings. The molecule has 1 N–H and O–H groups in total. The first-order valence-corrected chi connectivity index (χ1v) is 11.5. The molecule has 0 unspecified atom stereocenters. The topological polar surface area (TPSA) is 75.1 Å². The number of aliphatic carboxylic acids is 1. The van der Waals surface area contributed by atoms with E-state index in [1.807, 2.05) is 18.3 Å². The number of rotatable bonds is 9. The van der Waals surface area contributed by atoms with Gasteiger partial charge in [0.25, 0.3) is 0 Å². The molecule has 2 aliphatic heterocycles. The zero-order valence-corrected chi connectivity index (χ0v) is 18.6. The third-order valence-electron chi connectivity index (χ3n) is 6.41. The molecule has 0 bridgehead atoms. The molecule has 0 atom stereocenters. The molecule has 2 aliphatic rings. The lowest BCUT2D eigenvalue weighted by Gasteiger charge is -2.47. The maximum atomic E-state index is 10.5. The molecule has 4 rings (SSSR count). The van der Waals surface area contributed by atoms with Crippen LogP contribution in [0, 0.1) is 0 Å². The summed E-state index contributed by atoms with van der Waals surface area (Å²) < 4.78 is 11.7. The van der Waals surface area contributed by atoms with E-state index in [4.69, 9.17) is 14.6 Å². The van der Waals surface area contributed by atoms with Gasteiger partial charge in [0, 0.05) is 38.9 Å². The minimum absolute atomic E-state index is 0.0578. The van der Waals surface area contributed by atoms with Gasteiger partial charge in [-0.3, -0.25) is 9.69 Å². The summed E-state index contributed by atoms with van der Waals surface area (Å²) in [6.45, 7) is 6.43. The van der Waals surface area contributed by atoms with Crippen LogP contribution < -0.4 is 4.90 Å². The summed E-state index contributed by atoms with van der Waals surface area (Å²) in [5, 5.41) is 8.63. The number of piperidine rings is 1. The standard InChI is InChI=1S/C25H33N3O4/c29-24(30)9-17-31-16-8-21-4-6-22(7-5-21)19-27-13-10-25(11-14-27)20-28(15-18-32-25)23-3-1-2-12-26-23/h1-7,12H,8-11,13-20H2,(H,29,30). The van der Waals surface area contributed by atoms with Crippen molar-refractivity contribution in [2.75, 3.05) is 50.9 Å². The van der Waals surface area contributed by atoms with Crippen LogP contribution in [0.3, 0.4) is 0 Å². The Morgan fingerprint density at radius 3 is 2.56 bits per heavy atom. The molecule has 1 spiro atoms. The maximum Gasteiger partial charge on any atom is 0.305 e. The number of carboxylic acid groups (broad SMARTS) is 1. The Bertz CT molecular complexity index is 851. The van der Waals surface area contributed by atoms with Gasteiger partial charge in [-0.15, -0.1) is 0 Å². The SMILES string of the molecule is O=C(O)CCOCCc1ccc(CN2CCC3(CC2)CN(c2ccccn2)CCO3)cc1. The molecule has 2 saturated heterocycles. The summed E-state index contributed by atoms with van der Waals surface area (Å²) in [5.41, 5.74) is 2.47. The van der Waals surface area contributed by atoms with E-state index in [-0.39, 0.29) is 18.6 Å². The highest BCUT2D eigenvalue weighted by Gasteiger charge is 2.40. The van der Waals surface area contributed by atoms with Crippen molar-refractivity contribution in [3.63, 3.8) is 0 Å². The van der Waals surface area contributed by atoms with Gasteiger partial charge in [0.05, 0.1) is 31.8 Å². The second-order valence-corrected chi connectivity index (χ2v) is 8.74. The number of aromatic nitrogens is 1. The first-order chi connectivity index (χ1) is 15.6. The van der Waals surface area contributed by atoms with E-state index >= 15 is 0 Å². The van der Waals surface area contributed by atoms with Gasteiger partial charge in [-0.2, -0.15) is 0 Å². The van der Waals surface area contributed by atoms with Gasteiger partial charge in [0.2, 0.25) is 0 Å². The highest BCUT2D eigenvalue weighted by Crippen LogP contribution is 2.32. The van der Waals surface area contributed by atoms with Crippen molar-refractivity contribution in [1.82, 2.24) is 9.88 Å². The van der Waals surface area contributed by atoms with Crippen molar-refractivity contribution >= 4 is 11.8 Å². The summed E-state index contributed by atoms with van der Waals surface area (Å²) in [4.78, 5) is 19.9. The fraction of sp³-hybridized carbons (Fsp3) is 0.520. The van der Waals surface area contributed by atoms with Crippen LogP contribution in [0.4, 0.5) is 5.82 Å². The normalized spacial score (nSPS) is 18.7. The number of carboxylic acids is 1. The molecule has 0 aliphatic carbocycles. The second-order valence-electron chi connectivity index (χ2n) is 8.74. The molecule has 0 radical (unpaired) electrons. The van der Waals surface area contributed by atoms with Crippen LogP contribution in [0.2, 0.25) is 0 Å². The van der Waals surface area contributed by atoms with E-state index in [1.54, 1.807) is 0 Å². The number of hydrogen-bond donors (Lipinski definition) is 1. The molecular formula is C25H33N3O4. The zero-order chi connectivity index (χ0) is 22.2. The van der Waals surface area contributed by atoms with Crippen molar-refractivity contribution in [1.29, 1.82) is 0 Å². The molecule has 32 heavy (non-hydrogen) atoms. The maximum absolute atomic E-state index is 10.5. The van der Waals surface area contributed by atoms with Gasteiger partial charge < -0.3 is 19.5 Å². The van der Waals surface area contributed by atoms with Crippen LogP contribution in [-0.4, -0.2) is 72.6 Å². The number of likely N-dealkylation sites (tertiary alicyclic amines) is 1. The summed E-state index contributed by atoms with van der Waals surface area (Å²) in [6.07, 6.45) is 4.81. The van der Waals surface area contributed by atoms with Crippen LogP contribution in [0.15, 0.2) is 48.7 Å². The van der Waals surface area contributed by atoms with Crippen molar-refractivity contribution in [2.45, 2.75) is 37.8 Å². The van der Waals surface area contributed by atoms with Crippen molar-refractivity contribution in [3.8, 4) is 0 Å². The van der Waals surface area contributed by atoms with E-state index < -0.39 is 5.97 Å². The highest BCUT2D eigenvalue weighted by atomic mass is 16.5. The van der Waals surface area contributed by atoms with Gasteiger partial charge in [-0.25, -0.2) is 4.98 Å². The Morgan fingerprint density at radius 2 is 1.84 bits per heavy atom. The van der Waals surface area contributed by atoms with Gasteiger partial charge in [-0.1, -0.05) is 30.3 Å². The predicted octanol–water partition coefficient (Wildman–Crippen LogP) is 2.99. The minimum Gasteiger partial charge on any atom is -0.481 e. The molecule has 172 valence electrons. The summed E-state index contributed by atoms with van der Waals surface area (Å²) >= 11 is 0. The van der Waals surface area contributed by atoms with Crippen LogP contribution in [0.1, 0.15) is 30.4 Å². The van der Waals surface area contributed by atoms with E-state index in [9.17, 15) is 4.79 Å². The molecule has 2 fully saturated rings. The van der Waals surface area contributed by atoms with E-state index in [0.717, 1.165) is 64.4 Å². The Balaban J connectivity index is 1.21. The average Bonchev–Trinajstić information content (AvgIpc) is 2.82. The van der Waals surface area contributed by atoms with Crippen molar-refractivity contribution in [2.24, 2.45) is 0 Å². The quantitative estimate of drug-likeness (QED) is 0.602. The number of hydrogen-bond acceptors (Lipinski definition) is 6. The third-order valence-corrected chi connectivity index (χ3v) is 6.41. The first kappa shape index (κ1) is 22.7. The minimum atomic E-state index is -0.821. The first-order valence-electron chi connectivity index (χ1n) is 11.5. The number of pyridine rings is 1. The van der Waals surface area contributed by atoms with Crippen molar-refractivity contribution < 1.29 is 19.4 Å². The number of nitrogens with zero attached hydrogens (tertiary/aromatic N) is 3. The molecule has 1 aromatic carbocycles. The lowest BCUT2D eigenvalue weighted by Crippen LogP contribution is -2.57.